The third kappa shape index (κ3) is 4.02. The zero-order chi connectivity index (χ0) is 19.5. The maximum atomic E-state index is 12.4. The van der Waals surface area contributed by atoms with Gasteiger partial charge in [-0.2, -0.15) is 5.10 Å². The van der Waals surface area contributed by atoms with Crippen molar-refractivity contribution in [2.75, 3.05) is 13.2 Å². The SMILES string of the molecule is CC[C@@H]1CCc2sc(C(=O)OCC(=O)N3CCC(c4ccccc4)=N3)cc2C1. The number of aryl methyl sites for hydroxylation is 1. The molecule has 1 aromatic carbocycles. The first-order valence-corrected chi connectivity index (χ1v) is 10.7. The number of hydrazone groups is 1. The van der Waals surface area contributed by atoms with E-state index in [2.05, 4.69) is 12.0 Å². The zero-order valence-corrected chi connectivity index (χ0v) is 16.8. The number of thiophene rings is 1. The van der Waals surface area contributed by atoms with Crippen LogP contribution in [0.2, 0.25) is 0 Å². The number of amides is 1. The molecule has 1 aromatic heterocycles. The highest BCUT2D eigenvalue weighted by atomic mass is 32.1. The molecule has 6 heteroatoms. The molecule has 4 rings (SSSR count). The summed E-state index contributed by atoms with van der Waals surface area (Å²) in [5, 5.41) is 5.80. The van der Waals surface area contributed by atoms with Crippen LogP contribution in [0.25, 0.3) is 0 Å². The van der Waals surface area contributed by atoms with Gasteiger partial charge in [-0.25, -0.2) is 9.80 Å². The number of carbonyl (C=O) groups is 2. The van der Waals surface area contributed by atoms with Crippen LogP contribution in [0.1, 0.15) is 51.9 Å². The standard InChI is InChI=1S/C22H24N2O3S/c1-2-15-8-9-19-17(12-15)13-20(28-19)22(26)27-14-21(25)24-11-10-18(23-24)16-6-4-3-5-7-16/h3-7,13,15H,2,8-12,14H2,1H3/t15-/m1/s1. The van der Waals surface area contributed by atoms with Gasteiger partial charge in [-0.1, -0.05) is 43.7 Å². The Kier molecular flexibility index (Phi) is 5.57. The number of carbonyl (C=O) groups excluding carboxylic acids is 2. The molecular weight excluding hydrogens is 372 g/mol. The van der Waals surface area contributed by atoms with E-state index >= 15 is 0 Å². The topological polar surface area (TPSA) is 59.0 Å². The second-order valence-electron chi connectivity index (χ2n) is 7.33. The Morgan fingerprint density at radius 3 is 2.86 bits per heavy atom. The van der Waals surface area contributed by atoms with Crippen molar-refractivity contribution in [2.24, 2.45) is 11.0 Å². The van der Waals surface area contributed by atoms with Crippen molar-refractivity contribution < 1.29 is 14.3 Å². The van der Waals surface area contributed by atoms with Crippen LogP contribution in [-0.2, 0) is 22.4 Å². The number of benzene rings is 1. The summed E-state index contributed by atoms with van der Waals surface area (Å²) in [6.45, 7) is 2.46. The Bertz CT molecular complexity index is 904. The van der Waals surface area contributed by atoms with Gasteiger partial charge in [0.25, 0.3) is 5.91 Å². The lowest BCUT2D eigenvalue weighted by molar-refractivity contribution is -0.134. The fraction of sp³-hybridized carbons (Fsp3) is 0.409. The van der Waals surface area contributed by atoms with Crippen molar-refractivity contribution in [3.05, 3.63) is 57.3 Å². The summed E-state index contributed by atoms with van der Waals surface area (Å²) < 4.78 is 5.29. The molecule has 28 heavy (non-hydrogen) atoms. The van der Waals surface area contributed by atoms with Crippen LogP contribution in [0.3, 0.4) is 0 Å². The van der Waals surface area contributed by atoms with E-state index in [0.717, 1.165) is 24.1 Å². The van der Waals surface area contributed by atoms with Gasteiger partial charge in [0.15, 0.2) is 6.61 Å². The molecule has 2 aromatic rings. The normalized spacial score (nSPS) is 18.5. The van der Waals surface area contributed by atoms with Gasteiger partial charge in [0.1, 0.15) is 4.88 Å². The average molecular weight is 397 g/mol. The summed E-state index contributed by atoms with van der Waals surface area (Å²) in [7, 11) is 0. The molecule has 0 bridgehead atoms. The minimum absolute atomic E-state index is 0.273. The molecule has 0 spiro atoms. The van der Waals surface area contributed by atoms with Gasteiger partial charge in [-0.15, -0.1) is 11.3 Å². The van der Waals surface area contributed by atoms with E-state index in [1.165, 1.54) is 39.6 Å². The van der Waals surface area contributed by atoms with E-state index in [1.54, 1.807) is 0 Å². The largest absolute Gasteiger partial charge is 0.451 e. The van der Waals surface area contributed by atoms with E-state index in [1.807, 2.05) is 36.4 Å². The van der Waals surface area contributed by atoms with Crippen molar-refractivity contribution in [2.45, 2.75) is 39.0 Å². The predicted molar refractivity (Wildman–Crippen MR) is 110 cm³/mol. The fourth-order valence-electron chi connectivity index (χ4n) is 3.79. The second-order valence-corrected chi connectivity index (χ2v) is 8.47. The fourth-order valence-corrected chi connectivity index (χ4v) is 4.89. The van der Waals surface area contributed by atoms with Crippen LogP contribution in [0.4, 0.5) is 0 Å². The first kappa shape index (κ1) is 18.9. The quantitative estimate of drug-likeness (QED) is 0.716. The zero-order valence-electron chi connectivity index (χ0n) is 16.0. The molecule has 2 heterocycles. The molecule has 0 N–H and O–H groups in total. The number of ether oxygens (including phenoxy) is 1. The number of fused-ring (bicyclic) bond motifs is 1. The smallest absolute Gasteiger partial charge is 0.348 e. The summed E-state index contributed by atoms with van der Waals surface area (Å²) in [5.74, 6) is 0.0123. The van der Waals surface area contributed by atoms with Gasteiger partial charge in [0.05, 0.1) is 12.3 Å². The maximum Gasteiger partial charge on any atom is 0.348 e. The lowest BCUT2D eigenvalue weighted by Crippen LogP contribution is -2.28. The van der Waals surface area contributed by atoms with Crippen LogP contribution >= 0.6 is 11.3 Å². The average Bonchev–Trinajstić information content (AvgIpc) is 3.39. The number of nitrogens with zero attached hydrogens (tertiary/aromatic N) is 2. The Hall–Kier alpha value is -2.47. The number of hydrogen-bond acceptors (Lipinski definition) is 5. The van der Waals surface area contributed by atoms with E-state index in [0.29, 0.717) is 23.8 Å². The van der Waals surface area contributed by atoms with Crippen molar-refractivity contribution in [1.82, 2.24) is 5.01 Å². The minimum Gasteiger partial charge on any atom is -0.451 e. The van der Waals surface area contributed by atoms with Gasteiger partial charge in [0, 0.05) is 11.3 Å². The molecule has 1 aliphatic heterocycles. The lowest BCUT2D eigenvalue weighted by atomic mass is 9.87. The van der Waals surface area contributed by atoms with Gasteiger partial charge in [-0.05, 0) is 42.4 Å². The third-order valence-electron chi connectivity index (χ3n) is 5.49. The first-order valence-electron chi connectivity index (χ1n) is 9.86. The number of esters is 1. The third-order valence-corrected chi connectivity index (χ3v) is 6.70. The Morgan fingerprint density at radius 1 is 1.25 bits per heavy atom. The molecule has 0 radical (unpaired) electrons. The van der Waals surface area contributed by atoms with E-state index < -0.39 is 5.97 Å². The summed E-state index contributed by atoms with van der Waals surface area (Å²) in [6, 6.07) is 11.8. The molecular formula is C22H24N2O3S. The number of rotatable bonds is 5. The molecule has 1 aliphatic carbocycles. The second kappa shape index (κ2) is 8.27. The highest BCUT2D eigenvalue weighted by molar-refractivity contribution is 7.14. The molecule has 1 atom stereocenters. The summed E-state index contributed by atoms with van der Waals surface area (Å²) in [5.41, 5.74) is 3.18. The van der Waals surface area contributed by atoms with Crippen LogP contribution in [-0.4, -0.2) is 35.7 Å². The monoisotopic (exact) mass is 396 g/mol. The maximum absolute atomic E-state index is 12.4. The molecule has 1 amide bonds. The molecule has 0 unspecified atom stereocenters. The van der Waals surface area contributed by atoms with E-state index in [9.17, 15) is 9.59 Å². The van der Waals surface area contributed by atoms with E-state index in [-0.39, 0.29) is 12.5 Å². The molecule has 0 saturated heterocycles. The van der Waals surface area contributed by atoms with Crippen molar-refractivity contribution in [3.63, 3.8) is 0 Å². The highest BCUT2D eigenvalue weighted by Crippen LogP contribution is 2.33. The van der Waals surface area contributed by atoms with Gasteiger partial charge < -0.3 is 4.74 Å². The molecule has 0 fully saturated rings. The Morgan fingerprint density at radius 2 is 2.07 bits per heavy atom. The Labute approximate surface area is 169 Å². The van der Waals surface area contributed by atoms with Gasteiger partial charge in [-0.3, -0.25) is 4.79 Å². The molecule has 146 valence electrons. The summed E-state index contributed by atoms with van der Waals surface area (Å²) in [4.78, 5) is 26.7. The van der Waals surface area contributed by atoms with Crippen LogP contribution < -0.4 is 0 Å². The summed E-state index contributed by atoms with van der Waals surface area (Å²) in [6.07, 6.45) is 5.15. The molecule has 5 nitrogen and oxygen atoms in total. The van der Waals surface area contributed by atoms with Crippen LogP contribution in [0, 0.1) is 5.92 Å². The van der Waals surface area contributed by atoms with Crippen LogP contribution in [0.5, 0.6) is 0 Å². The molecule has 0 saturated carbocycles. The van der Waals surface area contributed by atoms with Crippen molar-refractivity contribution >= 4 is 28.9 Å². The minimum atomic E-state index is -0.410. The molecule has 2 aliphatic rings. The first-order chi connectivity index (χ1) is 13.6. The summed E-state index contributed by atoms with van der Waals surface area (Å²) >= 11 is 1.51. The van der Waals surface area contributed by atoms with Crippen molar-refractivity contribution in [3.8, 4) is 0 Å². The predicted octanol–water partition coefficient (Wildman–Crippen LogP) is 4.06. The van der Waals surface area contributed by atoms with Gasteiger partial charge in [0.2, 0.25) is 0 Å². The van der Waals surface area contributed by atoms with Gasteiger partial charge >= 0.3 is 5.97 Å². The Balaban J connectivity index is 1.34. The van der Waals surface area contributed by atoms with Crippen LogP contribution in [0.15, 0.2) is 41.5 Å². The highest BCUT2D eigenvalue weighted by Gasteiger charge is 2.25. The van der Waals surface area contributed by atoms with Crippen molar-refractivity contribution in [1.29, 1.82) is 0 Å². The number of hydrogen-bond donors (Lipinski definition) is 0. The van der Waals surface area contributed by atoms with E-state index in [4.69, 9.17) is 4.74 Å². The lowest BCUT2D eigenvalue weighted by Gasteiger charge is -2.19.